The van der Waals surface area contributed by atoms with Crippen LogP contribution in [0.3, 0.4) is 0 Å². The summed E-state index contributed by atoms with van der Waals surface area (Å²) in [4.78, 5) is 0. The molecule has 4 rings (SSSR count). The van der Waals surface area contributed by atoms with Gasteiger partial charge in [0.1, 0.15) is 5.76 Å². The van der Waals surface area contributed by atoms with Gasteiger partial charge < -0.3 is 10.1 Å². The Morgan fingerprint density at radius 3 is 2.68 bits per heavy atom. The fraction of sp³-hybridized carbons (Fsp3) is 0.0909. The molecule has 1 aliphatic heterocycles. The van der Waals surface area contributed by atoms with Crippen molar-refractivity contribution in [1.82, 2.24) is 5.32 Å². The summed E-state index contributed by atoms with van der Waals surface area (Å²) in [6, 6.07) is 20.3. The quantitative estimate of drug-likeness (QED) is 0.711. The Bertz CT molecular complexity index is 1070. The minimum Gasteiger partial charge on any atom is -0.470 e. The molecule has 0 amide bonds. The molecule has 1 heterocycles. The summed E-state index contributed by atoms with van der Waals surface area (Å²) in [7, 11) is 0. The summed E-state index contributed by atoms with van der Waals surface area (Å²) >= 11 is 6.16. The van der Waals surface area contributed by atoms with E-state index in [1.54, 1.807) is 0 Å². The maximum atomic E-state index is 6.32. The minimum atomic E-state index is -0.237. The molecule has 25 heavy (non-hydrogen) atoms. The zero-order valence-electron chi connectivity index (χ0n) is 13.9. The molecule has 0 radical (unpaired) electrons. The lowest BCUT2D eigenvalue weighted by atomic mass is 10.1. The number of hydrogen-bond acceptors (Lipinski definition) is 2. The molecule has 3 heteroatoms. The number of benzene rings is 3. The third kappa shape index (κ3) is 3.13. The number of fused-ring (bicyclic) bond motifs is 3. The summed E-state index contributed by atoms with van der Waals surface area (Å²) < 4.78 is 6.32. The summed E-state index contributed by atoms with van der Waals surface area (Å²) in [6.07, 6.45) is 5.79. The predicted molar refractivity (Wildman–Crippen MR) is 104 cm³/mol. The van der Waals surface area contributed by atoms with Crippen LogP contribution in [0.1, 0.15) is 18.7 Å². The van der Waals surface area contributed by atoms with Crippen molar-refractivity contribution in [2.75, 3.05) is 0 Å². The van der Waals surface area contributed by atoms with E-state index in [0.29, 0.717) is 0 Å². The lowest BCUT2D eigenvalue weighted by Crippen LogP contribution is -2.29. The number of rotatable bonds is 1. The molecule has 1 aliphatic rings. The van der Waals surface area contributed by atoms with Crippen LogP contribution in [0, 0.1) is 0 Å². The molecule has 0 fully saturated rings. The van der Waals surface area contributed by atoms with E-state index >= 15 is 0 Å². The van der Waals surface area contributed by atoms with E-state index < -0.39 is 0 Å². The Labute approximate surface area is 151 Å². The molecule has 0 aliphatic carbocycles. The van der Waals surface area contributed by atoms with Crippen LogP contribution in [0.2, 0.25) is 5.02 Å². The molecule has 1 unspecified atom stereocenters. The smallest absolute Gasteiger partial charge is 0.195 e. The Balaban J connectivity index is 1.96. The van der Waals surface area contributed by atoms with E-state index in [9.17, 15) is 0 Å². The molecule has 3 aromatic carbocycles. The Morgan fingerprint density at radius 2 is 1.84 bits per heavy atom. The van der Waals surface area contributed by atoms with Crippen LogP contribution in [0.15, 0.2) is 72.9 Å². The van der Waals surface area contributed by atoms with Gasteiger partial charge in [-0.05, 0) is 47.3 Å². The average Bonchev–Trinajstić information content (AvgIpc) is 2.71. The van der Waals surface area contributed by atoms with Crippen LogP contribution < -0.4 is 15.8 Å². The molecular weight excluding hydrogens is 330 g/mol. The van der Waals surface area contributed by atoms with Crippen LogP contribution in [0.5, 0.6) is 0 Å². The van der Waals surface area contributed by atoms with Crippen molar-refractivity contribution in [2.45, 2.75) is 13.2 Å². The summed E-state index contributed by atoms with van der Waals surface area (Å²) in [5.74, 6) is 0.879. The fourth-order valence-corrected chi connectivity index (χ4v) is 3.39. The maximum Gasteiger partial charge on any atom is 0.195 e. The van der Waals surface area contributed by atoms with Crippen LogP contribution >= 0.6 is 11.6 Å². The van der Waals surface area contributed by atoms with Crippen LogP contribution in [0.25, 0.3) is 22.6 Å². The first-order valence-corrected chi connectivity index (χ1v) is 8.64. The van der Waals surface area contributed by atoms with Gasteiger partial charge >= 0.3 is 0 Å². The van der Waals surface area contributed by atoms with Gasteiger partial charge in [-0.1, -0.05) is 66.2 Å². The first-order chi connectivity index (χ1) is 12.2. The summed E-state index contributed by atoms with van der Waals surface area (Å²) in [5.41, 5.74) is 1.08. The number of nitrogens with one attached hydrogen (secondary N) is 1. The SMILES string of the molecule is C/C1=c2\c(ccc3cc(Cl)ccc23)=C/C=CNC(c2ccccc2)O1. The molecule has 0 spiro atoms. The highest BCUT2D eigenvalue weighted by atomic mass is 35.5. The predicted octanol–water partition coefficient (Wildman–Crippen LogP) is 4.23. The number of allylic oxidation sites excluding steroid dienone is 1. The normalized spacial score (nSPS) is 20.2. The average molecular weight is 348 g/mol. The summed E-state index contributed by atoms with van der Waals surface area (Å²) in [5, 5.41) is 8.53. The van der Waals surface area contributed by atoms with Crippen LogP contribution in [0.4, 0.5) is 0 Å². The third-order valence-corrected chi connectivity index (χ3v) is 4.62. The lowest BCUT2D eigenvalue weighted by molar-refractivity contribution is 0.144. The molecular formula is C22H18ClNO. The van der Waals surface area contributed by atoms with Gasteiger partial charge in [0.25, 0.3) is 0 Å². The van der Waals surface area contributed by atoms with Gasteiger partial charge in [-0.2, -0.15) is 0 Å². The molecule has 0 saturated heterocycles. The summed E-state index contributed by atoms with van der Waals surface area (Å²) in [6.45, 7) is 2.02. The molecule has 1 atom stereocenters. The zero-order valence-corrected chi connectivity index (χ0v) is 14.6. The number of hydrogen-bond donors (Lipinski definition) is 1. The van der Waals surface area contributed by atoms with E-state index in [-0.39, 0.29) is 6.23 Å². The topological polar surface area (TPSA) is 21.3 Å². The van der Waals surface area contributed by atoms with E-state index in [4.69, 9.17) is 16.3 Å². The Hall–Kier alpha value is -2.71. The molecule has 2 nitrogen and oxygen atoms in total. The van der Waals surface area contributed by atoms with E-state index in [1.165, 1.54) is 0 Å². The first kappa shape index (κ1) is 15.8. The molecule has 124 valence electrons. The van der Waals surface area contributed by atoms with E-state index in [2.05, 4.69) is 41.7 Å². The maximum absolute atomic E-state index is 6.32. The van der Waals surface area contributed by atoms with Crippen LogP contribution in [-0.2, 0) is 4.74 Å². The zero-order chi connectivity index (χ0) is 17.2. The highest BCUT2D eigenvalue weighted by Gasteiger charge is 2.13. The van der Waals surface area contributed by atoms with Gasteiger partial charge in [-0.25, -0.2) is 0 Å². The van der Waals surface area contributed by atoms with Gasteiger partial charge in [0, 0.05) is 15.8 Å². The molecule has 0 bridgehead atoms. The van der Waals surface area contributed by atoms with Crippen molar-refractivity contribution >= 4 is 34.2 Å². The second-order valence-corrected chi connectivity index (χ2v) is 6.49. The van der Waals surface area contributed by atoms with Gasteiger partial charge in [0.2, 0.25) is 0 Å². The number of ether oxygens (including phenoxy) is 1. The monoisotopic (exact) mass is 347 g/mol. The third-order valence-electron chi connectivity index (χ3n) is 4.38. The second kappa shape index (κ2) is 6.66. The van der Waals surface area contributed by atoms with Crippen molar-refractivity contribution < 1.29 is 4.74 Å². The van der Waals surface area contributed by atoms with Crippen molar-refractivity contribution in [3.63, 3.8) is 0 Å². The van der Waals surface area contributed by atoms with E-state index in [1.807, 2.05) is 49.5 Å². The van der Waals surface area contributed by atoms with E-state index in [0.717, 1.165) is 37.6 Å². The minimum absolute atomic E-state index is 0.237. The van der Waals surface area contributed by atoms with Crippen molar-refractivity contribution in [1.29, 1.82) is 0 Å². The highest BCUT2D eigenvalue weighted by Crippen LogP contribution is 2.20. The van der Waals surface area contributed by atoms with Gasteiger partial charge in [-0.3, -0.25) is 0 Å². The molecule has 0 aromatic heterocycles. The van der Waals surface area contributed by atoms with Gasteiger partial charge in [-0.15, -0.1) is 0 Å². The molecule has 1 N–H and O–H groups in total. The highest BCUT2D eigenvalue weighted by molar-refractivity contribution is 6.31. The number of halogens is 1. The molecule has 3 aromatic rings. The van der Waals surface area contributed by atoms with Crippen molar-refractivity contribution in [3.8, 4) is 0 Å². The lowest BCUT2D eigenvalue weighted by Gasteiger charge is -2.20. The van der Waals surface area contributed by atoms with Gasteiger partial charge in [0.05, 0.1) is 0 Å². The fourth-order valence-electron chi connectivity index (χ4n) is 3.21. The van der Waals surface area contributed by atoms with Crippen molar-refractivity contribution in [2.24, 2.45) is 0 Å². The second-order valence-electron chi connectivity index (χ2n) is 6.05. The Kier molecular flexibility index (Phi) is 4.21. The largest absolute Gasteiger partial charge is 0.470 e. The van der Waals surface area contributed by atoms with Gasteiger partial charge in [0.15, 0.2) is 6.23 Å². The first-order valence-electron chi connectivity index (χ1n) is 8.26. The molecule has 0 saturated carbocycles. The Morgan fingerprint density at radius 1 is 1.00 bits per heavy atom. The standard InChI is InChI=1S/C22H18ClNO/c1-15-21-16(9-10-18-14-19(23)11-12-20(18)21)8-5-13-24-22(25-15)17-6-3-2-4-7-17/h2-14,22,24H,1H3/b13-5?,16-8-,21-15-. The van der Waals surface area contributed by atoms with Crippen molar-refractivity contribution in [3.05, 3.63) is 94.0 Å². The van der Waals surface area contributed by atoms with Crippen LogP contribution in [-0.4, -0.2) is 0 Å².